The van der Waals surface area contributed by atoms with Crippen molar-refractivity contribution in [2.45, 2.75) is 0 Å². The minimum absolute atomic E-state index is 0.0308. The van der Waals surface area contributed by atoms with E-state index in [9.17, 15) is 9.59 Å². The molecular weight excluding hydrogens is 362 g/mol. The van der Waals surface area contributed by atoms with Crippen LogP contribution in [0.3, 0.4) is 0 Å². The molecule has 0 unspecified atom stereocenters. The Morgan fingerprint density at radius 2 is 1.50 bits per heavy atom. The average Bonchev–Trinajstić information content (AvgIpc) is 2.77. The van der Waals surface area contributed by atoms with E-state index in [1.807, 2.05) is 30.3 Å². The van der Waals surface area contributed by atoms with Crippen molar-refractivity contribution in [3.05, 3.63) is 65.9 Å². The third-order valence-electron chi connectivity index (χ3n) is 4.03. The van der Waals surface area contributed by atoms with Crippen LogP contribution in [0.4, 0.5) is 17.1 Å². The van der Waals surface area contributed by atoms with E-state index in [4.69, 9.17) is 14.2 Å². The number of carbonyl (C=O) groups excluding carboxylic acids is 2. The molecule has 0 saturated heterocycles. The van der Waals surface area contributed by atoms with E-state index >= 15 is 0 Å². The van der Waals surface area contributed by atoms with Gasteiger partial charge in [-0.3, -0.25) is 0 Å². The summed E-state index contributed by atoms with van der Waals surface area (Å²) >= 11 is 0. The highest BCUT2D eigenvalue weighted by molar-refractivity contribution is 6.03. The van der Waals surface area contributed by atoms with Crippen LogP contribution in [0, 0.1) is 0 Å². The van der Waals surface area contributed by atoms with E-state index in [0.29, 0.717) is 11.4 Å². The molecule has 0 amide bonds. The average molecular weight is 381 g/mol. The van der Waals surface area contributed by atoms with Crippen LogP contribution in [0.1, 0.15) is 0 Å². The molecule has 1 aliphatic heterocycles. The lowest BCUT2D eigenvalue weighted by Crippen LogP contribution is -2.38. The van der Waals surface area contributed by atoms with Crippen LogP contribution in [0.25, 0.3) is 0 Å². The molecule has 3 rings (SSSR count). The van der Waals surface area contributed by atoms with Crippen molar-refractivity contribution in [2.24, 2.45) is 10.2 Å². The standard InChI is InChI=1S/C20H19N3O5/c1-26-19(24)17-12-28-13-23(18(17)20(25)27-2)16-10-8-15(9-11-16)22-21-14-6-4-3-5-7-14/h3-11H,12-13H2,1-2H3. The Hall–Kier alpha value is -3.52. The van der Waals surface area contributed by atoms with E-state index in [2.05, 4.69) is 10.2 Å². The normalized spacial score (nSPS) is 14.3. The van der Waals surface area contributed by atoms with Crippen LogP contribution in [0.2, 0.25) is 0 Å². The predicted octanol–water partition coefficient (Wildman–Crippen LogP) is 3.50. The van der Waals surface area contributed by atoms with E-state index in [1.165, 1.54) is 14.2 Å². The van der Waals surface area contributed by atoms with Gasteiger partial charge in [-0.05, 0) is 36.4 Å². The fourth-order valence-electron chi connectivity index (χ4n) is 2.66. The van der Waals surface area contributed by atoms with E-state index in [1.54, 1.807) is 29.2 Å². The second-order valence-corrected chi connectivity index (χ2v) is 5.77. The number of hydrogen-bond donors (Lipinski definition) is 0. The molecule has 0 saturated carbocycles. The fraction of sp³-hybridized carbons (Fsp3) is 0.200. The summed E-state index contributed by atoms with van der Waals surface area (Å²) in [6.45, 7) is 0.0623. The number of ether oxygens (including phenoxy) is 3. The molecule has 0 spiro atoms. The van der Waals surface area contributed by atoms with Gasteiger partial charge in [0.15, 0.2) is 0 Å². The van der Waals surface area contributed by atoms with Gasteiger partial charge in [0, 0.05) is 5.69 Å². The smallest absolute Gasteiger partial charge is 0.355 e. The summed E-state index contributed by atoms with van der Waals surface area (Å²) in [5, 5.41) is 8.35. The first-order chi connectivity index (χ1) is 13.6. The van der Waals surface area contributed by atoms with Crippen LogP contribution in [-0.2, 0) is 23.8 Å². The minimum Gasteiger partial charge on any atom is -0.466 e. The van der Waals surface area contributed by atoms with Crippen LogP contribution < -0.4 is 4.90 Å². The maximum absolute atomic E-state index is 12.3. The zero-order valence-electron chi connectivity index (χ0n) is 15.5. The number of hydrogen-bond acceptors (Lipinski definition) is 8. The lowest BCUT2D eigenvalue weighted by atomic mass is 10.1. The molecular formula is C20H19N3O5. The summed E-state index contributed by atoms with van der Waals surface area (Å²) in [4.78, 5) is 25.9. The van der Waals surface area contributed by atoms with Gasteiger partial charge < -0.3 is 19.1 Å². The molecule has 144 valence electrons. The number of anilines is 1. The molecule has 0 N–H and O–H groups in total. The SMILES string of the molecule is COC(=O)C1=C(C(=O)OC)N(c2ccc(N=Nc3ccccc3)cc2)COC1. The van der Waals surface area contributed by atoms with Crippen LogP contribution >= 0.6 is 0 Å². The summed E-state index contributed by atoms with van der Waals surface area (Å²) in [7, 11) is 2.50. The Bertz CT molecular complexity index is 907. The zero-order chi connectivity index (χ0) is 19.9. The number of methoxy groups -OCH3 is 2. The Morgan fingerprint density at radius 1 is 0.893 bits per heavy atom. The van der Waals surface area contributed by atoms with Gasteiger partial charge in [0.05, 0.1) is 37.8 Å². The van der Waals surface area contributed by atoms with Crippen molar-refractivity contribution in [3.63, 3.8) is 0 Å². The molecule has 0 aliphatic carbocycles. The van der Waals surface area contributed by atoms with Crippen LogP contribution in [0.5, 0.6) is 0 Å². The number of rotatable bonds is 5. The molecule has 0 radical (unpaired) electrons. The van der Waals surface area contributed by atoms with Gasteiger partial charge in [-0.25, -0.2) is 9.59 Å². The van der Waals surface area contributed by atoms with Gasteiger partial charge >= 0.3 is 11.9 Å². The quantitative estimate of drug-likeness (QED) is 0.582. The first-order valence-corrected chi connectivity index (χ1v) is 8.46. The second kappa shape index (κ2) is 8.92. The summed E-state index contributed by atoms with van der Waals surface area (Å²) in [5.74, 6) is -1.28. The molecule has 0 bridgehead atoms. The predicted molar refractivity (Wildman–Crippen MR) is 101 cm³/mol. The van der Waals surface area contributed by atoms with Crippen molar-refractivity contribution in [3.8, 4) is 0 Å². The minimum atomic E-state index is -0.642. The maximum atomic E-state index is 12.3. The monoisotopic (exact) mass is 381 g/mol. The molecule has 8 nitrogen and oxygen atoms in total. The van der Waals surface area contributed by atoms with Crippen molar-refractivity contribution in [1.82, 2.24) is 0 Å². The van der Waals surface area contributed by atoms with Crippen LogP contribution in [-0.4, -0.2) is 39.5 Å². The number of nitrogens with zero attached hydrogens (tertiary/aromatic N) is 3. The Balaban J connectivity index is 1.88. The summed E-state index contributed by atoms with van der Waals surface area (Å²) < 4.78 is 15.0. The first kappa shape index (κ1) is 19.2. The Labute approximate surface area is 162 Å². The summed E-state index contributed by atoms with van der Waals surface area (Å²) in [5.41, 5.74) is 2.23. The number of benzene rings is 2. The molecule has 1 heterocycles. The van der Waals surface area contributed by atoms with Gasteiger partial charge in [-0.15, -0.1) is 0 Å². The lowest BCUT2D eigenvalue weighted by molar-refractivity contribution is -0.140. The first-order valence-electron chi connectivity index (χ1n) is 8.46. The van der Waals surface area contributed by atoms with Crippen molar-refractivity contribution in [2.75, 3.05) is 32.5 Å². The molecule has 1 aliphatic rings. The zero-order valence-corrected chi connectivity index (χ0v) is 15.5. The van der Waals surface area contributed by atoms with Crippen molar-refractivity contribution in [1.29, 1.82) is 0 Å². The summed E-state index contributed by atoms with van der Waals surface area (Å²) in [6.07, 6.45) is 0. The van der Waals surface area contributed by atoms with Gasteiger partial charge in [0.1, 0.15) is 12.4 Å². The molecule has 2 aromatic rings. The number of azo groups is 1. The molecule has 0 atom stereocenters. The Morgan fingerprint density at radius 3 is 2.11 bits per heavy atom. The van der Waals surface area contributed by atoms with Crippen molar-refractivity contribution >= 4 is 29.0 Å². The van der Waals surface area contributed by atoms with Gasteiger partial charge in [-0.1, -0.05) is 18.2 Å². The van der Waals surface area contributed by atoms with E-state index in [-0.39, 0.29) is 24.6 Å². The molecule has 8 heteroatoms. The Kier molecular flexibility index (Phi) is 6.13. The number of esters is 2. The highest BCUT2D eigenvalue weighted by atomic mass is 16.5. The summed E-state index contributed by atoms with van der Waals surface area (Å²) in [6, 6.07) is 16.4. The molecule has 28 heavy (non-hydrogen) atoms. The molecule has 0 fully saturated rings. The molecule has 0 aromatic heterocycles. The number of carbonyl (C=O) groups is 2. The van der Waals surface area contributed by atoms with Gasteiger partial charge in [-0.2, -0.15) is 10.2 Å². The third-order valence-corrected chi connectivity index (χ3v) is 4.03. The highest BCUT2D eigenvalue weighted by Gasteiger charge is 2.32. The largest absolute Gasteiger partial charge is 0.466 e. The maximum Gasteiger partial charge on any atom is 0.355 e. The fourth-order valence-corrected chi connectivity index (χ4v) is 2.66. The third kappa shape index (κ3) is 4.24. The highest BCUT2D eigenvalue weighted by Crippen LogP contribution is 2.28. The topological polar surface area (TPSA) is 89.8 Å². The lowest BCUT2D eigenvalue weighted by Gasteiger charge is -2.31. The van der Waals surface area contributed by atoms with Gasteiger partial charge in [0.25, 0.3) is 0 Å². The van der Waals surface area contributed by atoms with E-state index < -0.39 is 11.9 Å². The van der Waals surface area contributed by atoms with Gasteiger partial charge in [0.2, 0.25) is 0 Å². The van der Waals surface area contributed by atoms with Crippen molar-refractivity contribution < 1.29 is 23.8 Å². The van der Waals surface area contributed by atoms with E-state index in [0.717, 1.165) is 5.69 Å². The van der Waals surface area contributed by atoms with Crippen LogP contribution in [0.15, 0.2) is 76.1 Å². The molecule has 2 aromatic carbocycles. The second-order valence-electron chi connectivity index (χ2n) is 5.77.